The highest BCUT2D eigenvalue weighted by Crippen LogP contribution is 2.32. The summed E-state index contributed by atoms with van der Waals surface area (Å²) in [4.78, 5) is 31.1. The Morgan fingerprint density at radius 2 is 1.94 bits per heavy atom. The minimum atomic E-state index is -0.968. The molecule has 32 heavy (non-hydrogen) atoms. The van der Waals surface area contributed by atoms with Gasteiger partial charge in [-0.05, 0) is 43.7 Å². The number of carbonyl (C=O) groups excluding carboxylic acids is 1. The van der Waals surface area contributed by atoms with Crippen LogP contribution in [0.5, 0.6) is 5.75 Å². The molecule has 0 saturated carbocycles. The number of halogens is 1. The number of hydrogen-bond acceptors (Lipinski definition) is 6. The maximum absolute atomic E-state index is 14.8. The van der Waals surface area contributed by atoms with Crippen LogP contribution in [-0.4, -0.2) is 24.3 Å². The van der Waals surface area contributed by atoms with E-state index in [9.17, 15) is 14.0 Å². The lowest BCUT2D eigenvalue weighted by atomic mass is 9.95. The predicted molar refractivity (Wildman–Crippen MR) is 120 cm³/mol. The van der Waals surface area contributed by atoms with E-state index in [1.165, 1.54) is 22.0 Å². The summed E-state index contributed by atoms with van der Waals surface area (Å²) in [5.74, 6) is -0.428. The number of benzene rings is 2. The summed E-state index contributed by atoms with van der Waals surface area (Å²) in [6.07, 6.45) is 1.74. The molecule has 0 bridgehead atoms. The van der Waals surface area contributed by atoms with Crippen LogP contribution in [0.15, 0.2) is 69.6 Å². The fourth-order valence-corrected chi connectivity index (χ4v) is 4.68. The number of rotatable bonds is 5. The van der Waals surface area contributed by atoms with Crippen molar-refractivity contribution in [3.8, 4) is 5.75 Å². The number of hydrogen-bond donors (Lipinski definition) is 0. The van der Waals surface area contributed by atoms with Crippen molar-refractivity contribution in [1.29, 1.82) is 0 Å². The zero-order valence-corrected chi connectivity index (χ0v) is 18.6. The molecule has 0 spiro atoms. The summed E-state index contributed by atoms with van der Waals surface area (Å²) in [6, 6.07) is 12.4. The van der Waals surface area contributed by atoms with Crippen LogP contribution in [-0.2, 0) is 9.53 Å². The molecular weight excluding hydrogens is 431 g/mol. The van der Waals surface area contributed by atoms with Gasteiger partial charge in [0.05, 0.1) is 29.5 Å². The molecule has 0 N–H and O–H groups in total. The van der Waals surface area contributed by atoms with E-state index in [0.29, 0.717) is 20.8 Å². The minimum absolute atomic E-state index is 0.153. The van der Waals surface area contributed by atoms with Crippen LogP contribution in [0.25, 0.3) is 6.08 Å². The van der Waals surface area contributed by atoms with Gasteiger partial charge in [-0.25, -0.2) is 14.2 Å². The van der Waals surface area contributed by atoms with Crippen molar-refractivity contribution in [2.24, 2.45) is 4.99 Å². The smallest absolute Gasteiger partial charge is 0.338 e. The number of nitrogens with zero attached hydrogens (tertiary/aromatic N) is 2. The molecule has 2 heterocycles. The lowest BCUT2D eigenvalue weighted by Crippen LogP contribution is -2.40. The standard InChI is InChI=1S/C24H21FN2O4S/c1-4-31-23(29)20-14(2)26-24-27(21(20)17-7-5-6-8-18(17)25)22(28)19(32-24)13-15-9-11-16(30-3)12-10-15/h5-13,21H,4H2,1-3H3/b19-13+. The van der Waals surface area contributed by atoms with Gasteiger partial charge in [0.1, 0.15) is 17.6 Å². The fraction of sp³-hybridized carbons (Fsp3) is 0.208. The summed E-state index contributed by atoms with van der Waals surface area (Å²) in [5.41, 5.74) is 1.21. The zero-order chi connectivity index (χ0) is 22.8. The van der Waals surface area contributed by atoms with Crippen LogP contribution in [0.1, 0.15) is 31.0 Å². The van der Waals surface area contributed by atoms with E-state index in [4.69, 9.17) is 9.47 Å². The van der Waals surface area contributed by atoms with E-state index in [-0.39, 0.29) is 23.3 Å². The van der Waals surface area contributed by atoms with Gasteiger partial charge >= 0.3 is 5.97 Å². The largest absolute Gasteiger partial charge is 0.497 e. The van der Waals surface area contributed by atoms with Gasteiger partial charge in [-0.2, -0.15) is 0 Å². The van der Waals surface area contributed by atoms with E-state index >= 15 is 0 Å². The molecule has 0 fully saturated rings. The molecule has 164 valence electrons. The van der Waals surface area contributed by atoms with Crippen LogP contribution < -0.4 is 19.6 Å². The quantitative estimate of drug-likeness (QED) is 0.558. The predicted octanol–water partition coefficient (Wildman–Crippen LogP) is 2.95. The van der Waals surface area contributed by atoms with Gasteiger partial charge in [-0.15, -0.1) is 0 Å². The van der Waals surface area contributed by atoms with Crippen molar-refractivity contribution < 1.29 is 18.7 Å². The molecule has 1 aromatic heterocycles. The zero-order valence-electron chi connectivity index (χ0n) is 17.8. The van der Waals surface area contributed by atoms with E-state index in [2.05, 4.69) is 4.99 Å². The maximum Gasteiger partial charge on any atom is 0.338 e. The number of methoxy groups -OCH3 is 1. The second-order valence-corrected chi connectivity index (χ2v) is 8.11. The van der Waals surface area contributed by atoms with Crippen molar-refractivity contribution in [3.05, 3.63) is 96.4 Å². The number of allylic oxidation sites excluding steroid dienone is 1. The Kier molecular flexibility index (Phi) is 6.05. The lowest BCUT2D eigenvalue weighted by molar-refractivity contribution is -0.139. The molecule has 0 amide bonds. The molecule has 1 aliphatic rings. The second-order valence-electron chi connectivity index (χ2n) is 7.10. The first kappa shape index (κ1) is 21.7. The molecule has 1 unspecified atom stereocenters. The van der Waals surface area contributed by atoms with Crippen molar-refractivity contribution in [1.82, 2.24) is 4.57 Å². The Bertz CT molecular complexity index is 1390. The summed E-state index contributed by atoms with van der Waals surface area (Å²) < 4.78 is 27.0. The molecule has 1 aliphatic heterocycles. The summed E-state index contributed by atoms with van der Waals surface area (Å²) in [5, 5.41) is 0. The highest BCUT2D eigenvalue weighted by atomic mass is 32.1. The van der Waals surface area contributed by atoms with Gasteiger partial charge in [-0.3, -0.25) is 9.36 Å². The number of ether oxygens (including phenoxy) is 2. The van der Waals surface area contributed by atoms with Gasteiger partial charge in [0, 0.05) is 5.56 Å². The molecule has 4 rings (SSSR count). The summed E-state index contributed by atoms with van der Waals surface area (Å²) in [7, 11) is 1.58. The van der Waals surface area contributed by atoms with Gasteiger partial charge < -0.3 is 9.47 Å². The lowest BCUT2D eigenvalue weighted by Gasteiger charge is -2.24. The molecule has 0 saturated heterocycles. The van der Waals surface area contributed by atoms with Crippen molar-refractivity contribution in [2.45, 2.75) is 19.9 Å². The van der Waals surface area contributed by atoms with Crippen molar-refractivity contribution >= 4 is 23.4 Å². The minimum Gasteiger partial charge on any atom is -0.497 e. The van der Waals surface area contributed by atoms with E-state index in [0.717, 1.165) is 5.56 Å². The molecule has 8 heteroatoms. The fourth-order valence-electron chi connectivity index (χ4n) is 3.63. The Labute approximate surface area is 187 Å². The van der Waals surface area contributed by atoms with Gasteiger partial charge in [0.2, 0.25) is 0 Å². The molecule has 3 aromatic rings. The highest BCUT2D eigenvalue weighted by Gasteiger charge is 2.34. The van der Waals surface area contributed by atoms with E-state index < -0.39 is 17.8 Å². The molecule has 2 aromatic carbocycles. The Morgan fingerprint density at radius 1 is 1.22 bits per heavy atom. The number of aromatic nitrogens is 1. The summed E-state index contributed by atoms with van der Waals surface area (Å²) in [6.45, 7) is 3.51. The number of carbonyl (C=O) groups is 1. The Morgan fingerprint density at radius 3 is 2.59 bits per heavy atom. The monoisotopic (exact) mass is 452 g/mol. The molecular formula is C24H21FN2O4S. The summed E-state index contributed by atoms with van der Waals surface area (Å²) >= 11 is 1.19. The van der Waals surface area contributed by atoms with Gasteiger partial charge in [0.25, 0.3) is 5.56 Å². The van der Waals surface area contributed by atoms with Crippen LogP contribution in [0, 0.1) is 5.82 Å². The molecule has 1 atom stereocenters. The first-order valence-electron chi connectivity index (χ1n) is 10.0. The van der Waals surface area contributed by atoms with Crippen molar-refractivity contribution in [3.63, 3.8) is 0 Å². The molecule has 6 nitrogen and oxygen atoms in total. The van der Waals surface area contributed by atoms with Crippen LogP contribution in [0.4, 0.5) is 4.39 Å². The first-order chi connectivity index (χ1) is 15.4. The topological polar surface area (TPSA) is 69.9 Å². The van der Waals surface area contributed by atoms with Crippen molar-refractivity contribution in [2.75, 3.05) is 13.7 Å². The second kappa shape index (κ2) is 8.92. The highest BCUT2D eigenvalue weighted by molar-refractivity contribution is 7.07. The average molecular weight is 453 g/mol. The number of esters is 1. The van der Waals surface area contributed by atoms with Gasteiger partial charge in [0.15, 0.2) is 4.80 Å². The third-order valence-electron chi connectivity index (χ3n) is 5.13. The van der Waals surface area contributed by atoms with Crippen LogP contribution >= 0.6 is 11.3 Å². The third-order valence-corrected chi connectivity index (χ3v) is 6.11. The molecule has 0 aliphatic carbocycles. The van der Waals surface area contributed by atoms with E-state index in [1.54, 1.807) is 57.4 Å². The maximum atomic E-state index is 14.8. The number of fused-ring (bicyclic) bond motifs is 1. The van der Waals surface area contributed by atoms with Crippen LogP contribution in [0.3, 0.4) is 0 Å². The van der Waals surface area contributed by atoms with Crippen LogP contribution in [0.2, 0.25) is 0 Å². The molecule has 0 radical (unpaired) electrons. The number of thiazole rings is 1. The third kappa shape index (κ3) is 3.89. The van der Waals surface area contributed by atoms with E-state index in [1.807, 2.05) is 12.1 Å². The average Bonchev–Trinajstić information content (AvgIpc) is 3.08. The first-order valence-corrected chi connectivity index (χ1v) is 10.8. The normalized spacial score (nSPS) is 15.9. The Balaban J connectivity index is 1.94. The Hall–Kier alpha value is -3.52. The SMILES string of the molecule is CCOC(=O)C1=C(C)N=c2s/c(=C/c3ccc(OC)cc3)c(=O)n2C1c1ccccc1F. The van der Waals surface area contributed by atoms with Gasteiger partial charge in [-0.1, -0.05) is 41.7 Å².